The van der Waals surface area contributed by atoms with Gasteiger partial charge in [-0.05, 0) is 18.9 Å². The Kier molecular flexibility index (Phi) is 5.83. The summed E-state index contributed by atoms with van der Waals surface area (Å²) in [6.07, 6.45) is 10.1. The van der Waals surface area contributed by atoms with Gasteiger partial charge in [-0.15, -0.1) is 0 Å². The topological polar surface area (TPSA) is 109 Å². The molecule has 1 saturated carbocycles. The lowest BCUT2D eigenvalue weighted by Crippen LogP contribution is -2.40. The first-order valence-electron chi connectivity index (χ1n) is 8.88. The van der Waals surface area contributed by atoms with Crippen molar-refractivity contribution >= 4 is 11.8 Å². The molecule has 0 bridgehead atoms. The van der Waals surface area contributed by atoms with E-state index >= 15 is 0 Å². The first kappa shape index (κ1) is 17.9. The fourth-order valence-electron chi connectivity index (χ4n) is 3.12. The van der Waals surface area contributed by atoms with Gasteiger partial charge in [-0.1, -0.05) is 19.3 Å². The molecule has 0 unspecified atom stereocenters. The van der Waals surface area contributed by atoms with Crippen LogP contribution in [-0.2, 0) is 17.9 Å². The Morgan fingerprint density at radius 3 is 2.77 bits per heavy atom. The fourth-order valence-corrected chi connectivity index (χ4v) is 3.12. The number of carbonyl (C=O) groups is 2. The number of pyridine rings is 1. The molecule has 1 aliphatic carbocycles. The summed E-state index contributed by atoms with van der Waals surface area (Å²) in [4.78, 5) is 43.4. The van der Waals surface area contributed by atoms with Gasteiger partial charge in [0.1, 0.15) is 12.4 Å². The standard InChI is InChI=1S/C18H23N5O3/c24-16(22-14-4-2-1-3-5-14)12-23-11-13(6-7-17(23)25)18(26)21-10-15-19-8-9-20-15/h6-9,11,14H,1-5,10,12H2,(H,19,20)(H,21,26)(H,22,24). The van der Waals surface area contributed by atoms with Crippen LogP contribution in [0.1, 0.15) is 48.3 Å². The molecular formula is C18H23N5O3. The number of carbonyl (C=O) groups excluding carboxylic acids is 2. The number of nitrogens with zero attached hydrogens (tertiary/aromatic N) is 2. The molecule has 1 fully saturated rings. The maximum atomic E-state index is 12.2. The van der Waals surface area contributed by atoms with E-state index in [2.05, 4.69) is 20.6 Å². The van der Waals surface area contributed by atoms with Crippen molar-refractivity contribution < 1.29 is 9.59 Å². The zero-order valence-electron chi connectivity index (χ0n) is 14.5. The van der Waals surface area contributed by atoms with E-state index in [1.54, 1.807) is 12.4 Å². The summed E-state index contributed by atoms with van der Waals surface area (Å²) in [7, 11) is 0. The molecule has 2 heterocycles. The summed E-state index contributed by atoms with van der Waals surface area (Å²) < 4.78 is 1.26. The third-order valence-electron chi connectivity index (χ3n) is 4.50. The summed E-state index contributed by atoms with van der Waals surface area (Å²) in [5, 5.41) is 5.69. The number of hydrogen-bond donors (Lipinski definition) is 3. The van der Waals surface area contributed by atoms with E-state index in [0.29, 0.717) is 11.4 Å². The van der Waals surface area contributed by atoms with Gasteiger partial charge in [-0.2, -0.15) is 0 Å². The van der Waals surface area contributed by atoms with E-state index in [1.807, 2.05) is 0 Å². The van der Waals surface area contributed by atoms with Crippen LogP contribution in [-0.4, -0.2) is 32.4 Å². The summed E-state index contributed by atoms with van der Waals surface area (Å²) in [6, 6.07) is 2.94. The van der Waals surface area contributed by atoms with E-state index in [9.17, 15) is 14.4 Å². The van der Waals surface area contributed by atoms with Crippen LogP contribution in [0.3, 0.4) is 0 Å². The molecule has 26 heavy (non-hydrogen) atoms. The van der Waals surface area contributed by atoms with Gasteiger partial charge in [0, 0.05) is 30.7 Å². The second kappa shape index (κ2) is 8.46. The van der Waals surface area contributed by atoms with Crippen molar-refractivity contribution in [2.24, 2.45) is 0 Å². The lowest BCUT2D eigenvalue weighted by Gasteiger charge is -2.22. The maximum absolute atomic E-state index is 12.2. The second-order valence-corrected chi connectivity index (χ2v) is 6.50. The van der Waals surface area contributed by atoms with Gasteiger partial charge in [0.05, 0.1) is 12.1 Å². The Bertz CT molecular complexity index is 806. The average molecular weight is 357 g/mol. The quantitative estimate of drug-likeness (QED) is 0.715. The van der Waals surface area contributed by atoms with Gasteiger partial charge in [0.25, 0.3) is 11.5 Å². The molecule has 0 spiro atoms. The van der Waals surface area contributed by atoms with E-state index < -0.39 is 0 Å². The number of hydrogen-bond acceptors (Lipinski definition) is 4. The number of rotatable bonds is 6. The maximum Gasteiger partial charge on any atom is 0.253 e. The molecule has 2 aromatic rings. The Labute approximate surface area is 151 Å². The second-order valence-electron chi connectivity index (χ2n) is 6.50. The van der Waals surface area contributed by atoms with Crippen molar-refractivity contribution in [3.8, 4) is 0 Å². The summed E-state index contributed by atoms with van der Waals surface area (Å²) in [6.45, 7) is 0.168. The highest BCUT2D eigenvalue weighted by Gasteiger charge is 2.16. The fraction of sp³-hybridized carbons (Fsp3) is 0.444. The molecule has 0 saturated heterocycles. The molecule has 8 heteroatoms. The van der Waals surface area contributed by atoms with Crippen molar-refractivity contribution in [2.75, 3.05) is 0 Å². The molecule has 3 rings (SSSR count). The molecular weight excluding hydrogens is 334 g/mol. The van der Waals surface area contributed by atoms with Crippen molar-refractivity contribution in [3.63, 3.8) is 0 Å². The molecule has 1 aliphatic rings. The Hall–Kier alpha value is -2.90. The lowest BCUT2D eigenvalue weighted by molar-refractivity contribution is -0.122. The van der Waals surface area contributed by atoms with E-state index in [-0.39, 0.29) is 36.5 Å². The Balaban J connectivity index is 1.60. The van der Waals surface area contributed by atoms with Crippen LogP contribution in [0.15, 0.2) is 35.5 Å². The van der Waals surface area contributed by atoms with E-state index in [1.165, 1.54) is 29.3 Å². The minimum Gasteiger partial charge on any atom is -0.352 e. The molecule has 0 atom stereocenters. The molecule has 2 aromatic heterocycles. The Morgan fingerprint density at radius 1 is 1.23 bits per heavy atom. The summed E-state index contributed by atoms with van der Waals surface area (Å²) in [5.74, 6) is 0.105. The highest BCUT2D eigenvalue weighted by molar-refractivity contribution is 5.93. The number of aromatic nitrogens is 3. The van der Waals surface area contributed by atoms with Crippen LogP contribution >= 0.6 is 0 Å². The van der Waals surface area contributed by atoms with Gasteiger partial charge in [0.15, 0.2) is 0 Å². The van der Waals surface area contributed by atoms with Gasteiger partial charge >= 0.3 is 0 Å². The van der Waals surface area contributed by atoms with Crippen molar-refractivity contribution in [1.29, 1.82) is 0 Å². The van der Waals surface area contributed by atoms with Crippen LogP contribution in [0, 0.1) is 0 Å². The molecule has 3 N–H and O–H groups in total. The SMILES string of the molecule is O=C(Cn1cc(C(=O)NCc2ncc[nH]2)ccc1=O)NC1CCCCC1. The zero-order valence-corrected chi connectivity index (χ0v) is 14.5. The molecule has 8 nitrogen and oxygen atoms in total. The zero-order chi connectivity index (χ0) is 18.4. The predicted octanol–water partition coefficient (Wildman–Crippen LogP) is 0.950. The van der Waals surface area contributed by atoms with Crippen molar-refractivity contribution in [2.45, 2.75) is 51.2 Å². The molecule has 2 amide bonds. The summed E-state index contributed by atoms with van der Waals surface area (Å²) >= 11 is 0. The van der Waals surface area contributed by atoms with Crippen LogP contribution in [0.25, 0.3) is 0 Å². The van der Waals surface area contributed by atoms with Crippen LogP contribution in [0.2, 0.25) is 0 Å². The predicted molar refractivity (Wildman–Crippen MR) is 95.5 cm³/mol. The minimum absolute atomic E-state index is 0.0887. The van der Waals surface area contributed by atoms with Gasteiger partial charge in [0.2, 0.25) is 5.91 Å². The molecule has 0 aromatic carbocycles. The number of imidazole rings is 1. The highest BCUT2D eigenvalue weighted by atomic mass is 16.2. The monoisotopic (exact) mass is 357 g/mol. The normalized spacial score (nSPS) is 14.8. The average Bonchev–Trinajstić information content (AvgIpc) is 3.16. The third kappa shape index (κ3) is 4.81. The first-order valence-corrected chi connectivity index (χ1v) is 8.88. The Morgan fingerprint density at radius 2 is 2.04 bits per heavy atom. The van der Waals surface area contributed by atoms with Crippen LogP contribution in [0.5, 0.6) is 0 Å². The van der Waals surface area contributed by atoms with Gasteiger partial charge < -0.3 is 20.2 Å². The summed E-state index contributed by atoms with van der Waals surface area (Å²) in [5.41, 5.74) is 0.00741. The minimum atomic E-state index is -0.331. The van der Waals surface area contributed by atoms with Crippen LogP contribution < -0.4 is 16.2 Å². The lowest BCUT2D eigenvalue weighted by atomic mass is 9.95. The van der Waals surface area contributed by atoms with Gasteiger partial charge in [-0.25, -0.2) is 4.98 Å². The first-order chi connectivity index (χ1) is 12.6. The van der Waals surface area contributed by atoms with Crippen molar-refractivity contribution in [3.05, 3.63) is 52.5 Å². The van der Waals surface area contributed by atoms with E-state index in [0.717, 1.165) is 25.7 Å². The van der Waals surface area contributed by atoms with Gasteiger partial charge in [-0.3, -0.25) is 14.4 Å². The van der Waals surface area contributed by atoms with Crippen molar-refractivity contribution in [1.82, 2.24) is 25.2 Å². The number of H-pyrrole nitrogens is 1. The molecule has 0 radical (unpaired) electrons. The number of amides is 2. The smallest absolute Gasteiger partial charge is 0.253 e. The van der Waals surface area contributed by atoms with Crippen LogP contribution in [0.4, 0.5) is 0 Å². The number of nitrogens with one attached hydrogen (secondary N) is 3. The van der Waals surface area contributed by atoms with E-state index in [4.69, 9.17) is 0 Å². The number of aromatic amines is 1. The molecule has 0 aliphatic heterocycles. The third-order valence-corrected chi connectivity index (χ3v) is 4.50. The largest absolute Gasteiger partial charge is 0.352 e. The highest BCUT2D eigenvalue weighted by Crippen LogP contribution is 2.17. The molecule has 138 valence electrons.